The van der Waals surface area contributed by atoms with Crippen LogP contribution in [0.25, 0.3) is 11.1 Å². The molecule has 0 saturated heterocycles. The van der Waals surface area contributed by atoms with Crippen molar-refractivity contribution in [2.45, 2.75) is 90.3 Å². The Hall–Kier alpha value is -5.52. The van der Waals surface area contributed by atoms with Crippen LogP contribution < -0.4 is 9.47 Å². The third kappa shape index (κ3) is 16.3. The van der Waals surface area contributed by atoms with Crippen molar-refractivity contribution >= 4 is 11.9 Å². The van der Waals surface area contributed by atoms with Crippen LogP contribution in [0, 0.1) is 13.8 Å². The Balaban J connectivity index is 0.000000982. The highest BCUT2D eigenvalue weighted by Crippen LogP contribution is 2.36. The number of ether oxygens (including phenoxy) is 2. The van der Waals surface area contributed by atoms with Crippen LogP contribution in [0.2, 0.25) is 0 Å². The third-order valence-electron chi connectivity index (χ3n) is 11.1. The van der Waals surface area contributed by atoms with E-state index in [9.17, 15) is 64.3 Å². The summed E-state index contributed by atoms with van der Waals surface area (Å²) in [5.74, 6) is -5.40. The molecule has 0 bridgehead atoms. The number of aliphatic hydroxyl groups excluding tert-OH is 4. The number of aliphatic carboxylic acids is 2. The molecular formula is C46H54F10N2O10. The topological polar surface area (TPSA) is 180 Å². The number of carboxylic acids is 2. The van der Waals surface area contributed by atoms with Crippen molar-refractivity contribution in [2.75, 3.05) is 40.5 Å². The Labute approximate surface area is 385 Å². The minimum absolute atomic E-state index is 0.0367. The van der Waals surface area contributed by atoms with Crippen LogP contribution in [0.1, 0.15) is 71.2 Å². The molecule has 0 saturated carbocycles. The molecule has 0 aliphatic heterocycles. The van der Waals surface area contributed by atoms with E-state index in [1.807, 2.05) is 50.2 Å². The monoisotopic (exact) mass is 984 g/mol. The summed E-state index contributed by atoms with van der Waals surface area (Å²) in [4.78, 5) is 21.2. The lowest BCUT2D eigenvalue weighted by atomic mass is 9.92. The summed E-state index contributed by atoms with van der Waals surface area (Å²) in [5.41, 5.74) is 4.01. The molecule has 4 rings (SSSR count). The molecule has 0 spiro atoms. The third-order valence-corrected chi connectivity index (χ3v) is 11.1. The van der Waals surface area contributed by atoms with Gasteiger partial charge in [0.25, 0.3) is 12.9 Å². The predicted molar refractivity (Wildman–Crippen MR) is 228 cm³/mol. The predicted octanol–water partition coefficient (Wildman–Crippen LogP) is 8.62. The van der Waals surface area contributed by atoms with Gasteiger partial charge in [0, 0.05) is 13.1 Å². The fraction of sp³-hybridized carbons (Fsp3) is 0.435. The highest BCUT2D eigenvalue weighted by atomic mass is 19.4. The fourth-order valence-electron chi connectivity index (χ4n) is 6.08. The van der Waals surface area contributed by atoms with Gasteiger partial charge in [-0.1, -0.05) is 48.5 Å². The fourth-order valence-corrected chi connectivity index (χ4v) is 6.08. The van der Waals surface area contributed by atoms with Gasteiger partial charge < -0.3 is 40.1 Å². The molecule has 0 amide bonds. The van der Waals surface area contributed by atoms with Gasteiger partial charge >= 0.3 is 24.3 Å². The quantitative estimate of drug-likeness (QED) is 0.0494. The lowest BCUT2D eigenvalue weighted by Gasteiger charge is -2.35. The first-order chi connectivity index (χ1) is 31.5. The number of hydrogen-bond acceptors (Lipinski definition) is 10. The van der Waals surface area contributed by atoms with E-state index in [0.717, 1.165) is 33.4 Å². The number of halogens is 10. The van der Waals surface area contributed by atoms with E-state index in [2.05, 4.69) is 0 Å². The highest BCUT2D eigenvalue weighted by molar-refractivity contribution is 5.74. The zero-order chi connectivity index (χ0) is 51.9. The van der Waals surface area contributed by atoms with Crippen molar-refractivity contribution in [3.8, 4) is 22.6 Å². The molecule has 0 aromatic heterocycles. The molecule has 68 heavy (non-hydrogen) atoms. The summed E-state index contributed by atoms with van der Waals surface area (Å²) in [6.45, 7) is 6.59. The standard InChI is InChI=1S/C42H52F4N2O6.2C2HF3O2/c1-27-31(21-53-37-15-13-29(17-35(37)39(43)44)19-47(5)41(3,23-49)24-50)9-7-11-33(27)34-12-8-10-32(28(34)2)22-54-38-16-14-30(18-36(38)40(45)46)20-48(6)42(4,25-51)26-52;2*3-2(4,5)1(6)7/h7-18,39-40,49-52H,19-26H2,1-6H3;2*(H,6,7). The van der Waals surface area contributed by atoms with E-state index < -0.39 is 48.2 Å². The van der Waals surface area contributed by atoms with Gasteiger partial charge in [-0.3, -0.25) is 9.80 Å². The Morgan fingerprint density at radius 1 is 0.559 bits per heavy atom. The summed E-state index contributed by atoms with van der Waals surface area (Å²) >= 11 is 0. The van der Waals surface area contributed by atoms with E-state index in [1.165, 1.54) is 24.3 Å². The normalized spacial score (nSPS) is 12.2. The first kappa shape index (κ1) is 58.6. The molecule has 4 aromatic carbocycles. The number of nitrogens with zero attached hydrogens (tertiary/aromatic N) is 2. The maximum Gasteiger partial charge on any atom is 0.490 e. The minimum Gasteiger partial charge on any atom is -0.488 e. The number of rotatable bonds is 19. The molecule has 0 heterocycles. The Morgan fingerprint density at radius 3 is 1.10 bits per heavy atom. The van der Waals surface area contributed by atoms with E-state index in [4.69, 9.17) is 29.3 Å². The van der Waals surface area contributed by atoms with Gasteiger partial charge in [0.2, 0.25) is 0 Å². The number of carbonyl (C=O) groups is 2. The average Bonchev–Trinajstić information content (AvgIpc) is 3.27. The van der Waals surface area contributed by atoms with Gasteiger partial charge in [-0.25, -0.2) is 27.2 Å². The minimum atomic E-state index is -5.08. The lowest BCUT2D eigenvalue weighted by Crippen LogP contribution is -2.49. The van der Waals surface area contributed by atoms with E-state index in [-0.39, 0.29) is 75.4 Å². The molecule has 0 radical (unpaired) electrons. The number of carboxylic acid groups (broad SMARTS) is 2. The van der Waals surface area contributed by atoms with Crippen molar-refractivity contribution in [1.29, 1.82) is 0 Å². The van der Waals surface area contributed by atoms with Crippen LogP contribution in [0.15, 0.2) is 72.8 Å². The zero-order valence-corrected chi connectivity index (χ0v) is 37.7. The van der Waals surface area contributed by atoms with E-state index in [0.29, 0.717) is 11.1 Å². The van der Waals surface area contributed by atoms with E-state index in [1.54, 1.807) is 49.9 Å². The van der Waals surface area contributed by atoms with Gasteiger partial charge in [-0.05, 0) is 111 Å². The number of aliphatic hydroxyl groups is 4. The summed E-state index contributed by atoms with van der Waals surface area (Å²) in [7, 11) is 3.41. The highest BCUT2D eigenvalue weighted by Gasteiger charge is 2.39. The van der Waals surface area contributed by atoms with Gasteiger partial charge in [-0.2, -0.15) is 26.3 Å². The van der Waals surface area contributed by atoms with Gasteiger partial charge in [0.05, 0.1) is 48.6 Å². The van der Waals surface area contributed by atoms with Gasteiger partial charge in [0.15, 0.2) is 0 Å². The van der Waals surface area contributed by atoms with Gasteiger partial charge in [-0.15, -0.1) is 0 Å². The van der Waals surface area contributed by atoms with Crippen LogP contribution in [-0.2, 0) is 35.9 Å². The molecule has 12 nitrogen and oxygen atoms in total. The number of likely N-dealkylation sites (N-methyl/N-ethyl adjacent to an activating group) is 2. The van der Waals surface area contributed by atoms with Gasteiger partial charge in [0.1, 0.15) is 24.7 Å². The van der Waals surface area contributed by atoms with Crippen LogP contribution >= 0.6 is 0 Å². The SMILES string of the molecule is Cc1c(COc2ccc(CN(C)C(C)(CO)CO)cc2C(F)F)cccc1-c1cccc(COc2ccc(CN(C)C(C)(CO)CO)cc2C(F)F)c1C.O=C(O)C(F)(F)F.O=C(O)C(F)(F)F. The van der Waals surface area contributed by atoms with Crippen LogP contribution in [0.3, 0.4) is 0 Å². The van der Waals surface area contributed by atoms with Crippen molar-refractivity contribution in [3.05, 3.63) is 117 Å². The van der Waals surface area contributed by atoms with Crippen LogP contribution in [0.5, 0.6) is 11.5 Å². The molecule has 0 fully saturated rings. The van der Waals surface area contributed by atoms with Crippen molar-refractivity contribution < 1.29 is 93.6 Å². The molecule has 4 aromatic rings. The number of alkyl halides is 10. The maximum atomic E-state index is 14.2. The lowest BCUT2D eigenvalue weighted by molar-refractivity contribution is -0.193. The largest absolute Gasteiger partial charge is 0.490 e. The Kier molecular flexibility index (Phi) is 21.7. The molecular weight excluding hydrogens is 930 g/mol. The molecule has 0 aliphatic rings. The molecule has 378 valence electrons. The Bertz CT molecular complexity index is 2110. The Morgan fingerprint density at radius 2 is 0.853 bits per heavy atom. The van der Waals surface area contributed by atoms with Crippen molar-refractivity contribution in [1.82, 2.24) is 9.80 Å². The summed E-state index contributed by atoms with van der Waals surface area (Å²) in [5, 5.41) is 53.1. The molecule has 0 atom stereocenters. The summed E-state index contributed by atoms with van der Waals surface area (Å²) < 4.78 is 132. The number of hydrogen-bond donors (Lipinski definition) is 6. The number of benzene rings is 4. The van der Waals surface area contributed by atoms with Crippen molar-refractivity contribution in [2.24, 2.45) is 0 Å². The second kappa shape index (κ2) is 25.2. The second-order valence-electron chi connectivity index (χ2n) is 16.0. The van der Waals surface area contributed by atoms with E-state index >= 15 is 0 Å². The summed E-state index contributed by atoms with van der Waals surface area (Å²) in [6, 6.07) is 20.6. The van der Waals surface area contributed by atoms with Crippen molar-refractivity contribution in [3.63, 3.8) is 0 Å². The maximum absolute atomic E-state index is 14.2. The summed E-state index contributed by atoms with van der Waals surface area (Å²) in [6.07, 6.45) is -15.7. The molecule has 22 heteroatoms. The first-order valence-corrected chi connectivity index (χ1v) is 20.2. The van der Waals surface area contributed by atoms with Crippen LogP contribution in [0.4, 0.5) is 43.9 Å². The molecule has 6 N–H and O–H groups in total. The molecule has 0 aliphatic carbocycles. The molecule has 0 unspecified atom stereocenters. The van der Waals surface area contributed by atoms with Crippen LogP contribution in [-0.4, -0.2) is 116 Å². The zero-order valence-electron chi connectivity index (χ0n) is 37.7. The second-order valence-corrected chi connectivity index (χ2v) is 16.0. The first-order valence-electron chi connectivity index (χ1n) is 20.2. The average molecular weight is 985 g/mol. The smallest absolute Gasteiger partial charge is 0.488 e.